The van der Waals surface area contributed by atoms with Crippen LogP contribution in [0.2, 0.25) is 0 Å². The first-order valence-corrected chi connectivity index (χ1v) is 9.47. The van der Waals surface area contributed by atoms with Crippen molar-refractivity contribution in [3.63, 3.8) is 0 Å². The first-order chi connectivity index (χ1) is 11.5. The van der Waals surface area contributed by atoms with E-state index in [0.717, 1.165) is 24.1 Å². The Morgan fingerprint density at radius 1 is 1.29 bits per heavy atom. The van der Waals surface area contributed by atoms with E-state index in [1.807, 2.05) is 12.1 Å². The Balaban J connectivity index is 1.61. The Labute approximate surface area is 140 Å². The fourth-order valence-corrected chi connectivity index (χ4v) is 5.22. The summed E-state index contributed by atoms with van der Waals surface area (Å²) >= 11 is 0. The molecule has 0 saturated carbocycles. The first kappa shape index (κ1) is 15.4. The minimum Gasteiger partial charge on any atom is -0.360 e. The molecule has 0 saturated heterocycles. The van der Waals surface area contributed by atoms with Crippen LogP contribution >= 0.6 is 0 Å². The van der Waals surface area contributed by atoms with E-state index in [0.29, 0.717) is 17.9 Å². The fourth-order valence-electron chi connectivity index (χ4n) is 3.62. The number of fused-ring (bicyclic) bond motifs is 3. The number of hydrogen-bond acceptors (Lipinski definition) is 4. The molecule has 2 aromatic heterocycles. The normalized spacial score (nSPS) is 18.0. The average molecular weight is 345 g/mol. The summed E-state index contributed by atoms with van der Waals surface area (Å²) in [5.41, 5.74) is 3.92. The average Bonchev–Trinajstić information content (AvgIpc) is 3.06. The van der Waals surface area contributed by atoms with Crippen molar-refractivity contribution in [1.82, 2.24) is 14.9 Å². The molecule has 2 N–H and O–H groups in total. The van der Waals surface area contributed by atoms with E-state index in [4.69, 9.17) is 4.52 Å². The second-order valence-corrected chi connectivity index (χ2v) is 7.99. The van der Waals surface area contributed by atoms with E-state index in [-0.39, 0.29) is 10.9 Å². The van der Waals surface area contributed by atoms with Crippen LogP contribution in [0.15, 0.2) is 33.7 Å². The number of aryl methyl sites for hydroxylation is 3. The third-order valence-electron chi connectivity index (χ3n) is 4.65. The van der Waals surface area contributed by atoms with Crippen molar-refractivity contribution < 1.29 is 12.9 Å². The maximum atomic E-state index is 12.7. The number of H-pyrrole nitrogens is 1. The lowest BCUT2D eigenvalue weighted by Crippen LogP contribution is -2.39. The van der Waals surface area contributed by atoms with Gasteiger partial charge in [-0.15, -0.1) is 0 Å². The van der Waals surface area contributed by atoms with Crippen molar-refractivity contribution in [2.24, 2.45) is 0 Å². The summed E-state index contributed by atoms with van der Waals surface area (Å²) in [5, 5.41) is 4.98. The van der Waals surface area contributed by atoms with E-state index >= 15 is 0 Å². The highest BCUT2D eigenvalue weighted by Gasteiger charge is 2.30. The number of sulfonamides is 1. The Bertz CT molecular complexity index is 998. The standard InChI is InChI=1S/C17H19N3O3S/c1-10-17(11(2)23-19-10)24(21,22)20-12-7-8-14-13-5-3-4-6-15(13)18-16(14)9-12/h3-6,12,18,20H,7-9H2,1-2H3. The largest absolute Gasteiger partial charge is 0.360 e. The van der Waals surface area contributed by atoms with Gasteiger partial charge >= 0.3 is 0 Å². The van der Waals surface area contributed by atoms with Gasteiger partial charge in [0, 0.05) is 29.1 Å². The molecular weight excluding hydrogens is 326 g/mol. The van der Waals surface area contributed by atoms with E-state index in [9.17, 15) is 8.42 Å². The first-order valence-electron chi connectivity index (χ1n) is 7.99. The molecule has 0 bridgehead atoms. The molecule has 0 spiro atoms. The van der Waals surface area contributed by atoms with Crippen LogP contribution < -0.4 is 4.72 Å². The molecule has 1 aromatic carbocycles. The Kier molecular flexibility index (Phi) is 3.51. The second-order valence-electron chi connectivity index (χ2n) is 6.34. The van der Waals surface area contributed by atoms with Crippen LogP contribution in [-0.2, 0) is 22.9 Å². The molecule has 126 valence electrons. The second kappa shape index (κ2) is 5.46. The van der Waals surface area contributed by atoms with Crippen LogP contribution in [0, 0.1) is 13.8 Å². The molecular formula is C17H19N3O3S. The van der Waals surface area contributed by atoms with E-state index in [1.165, 1.54) is 10.9 Å². The lowest BCUT2D eigenvalue weighted by molar-refractivity contribution is 0.390. The molecule has 7 heteroatoms. The summed E-state index contributed by atoms with van der Waals surface area (Å²) in [6, 6.07) is 8.06. The van der Waals surface area contributed by atoms with Crippen molar-refractivity contribution >= 4 is 20.9 Å². The summed E-state index contributed by atoms with van der Waals surface area (Å²) in [6.45, 7) is 3.26. The number of nitrogens with one attached hydrogen (secondary N) is 2. The highest BCUT2D eigenvalue weighted by atomic mass is 32.2. The topological polar surface area (TPSA) is 88.0 Å². The van der Waals surface area contributed by atoms with E-state index < -0.39 is 10.0 Å². The fraction of sp³-hybridized carbons (Fsp3) is 0.353. The SMILES string of the molecule is Cc1noc(C)c1S(=O)(=O)NC1CCc2c([nH]c3ccccc23)C1. The van der Waals surface area contributed by atoms with Crippen LogP contribution in [0.5, 0.6) is 0 Å². The lowest BCUT2D eigenvalue weighted by atomic mass is 9.92. The van der Waals surface area contributed by atoms with Crippen molar-refractivity contribution in [3.05, 3.63) is 47.0 Å². The zero-order chi connectivity index (χ0) is 16.9. The quantitative estimate of drug-likeness (QED) is 0.764. The smallest absolute Gasteiger partial charge is 0.246 e. The molecule has 0 fully saturated rings. The van der Waals surface area contributed by atoms with E-state index in [2.05, 4.69) is 27.0 Å². The zero-order valence-corrected chi connectivity index (χ0v) is 14.4. The molecule has 4 rings (SSSR count). The molecule has 1 unspecified atom stereocenters. The minimum atomic E-state index is -3.63. The third-order valence-corrected chi connectivity index (χ3v) is 6.42. The number of aromatic nitrogens is 2. The predicted molar refractivity (Wildman–Crippen MR) is 90.4 cm³/mol. The van der Waals surface area contributed by atoms with Gasteiger partial charge in [0.15, 0.2) is 5.76 Å². The summed E-state index contributed by atoms with van der Waals surface area (Å²) in [7, 11) is -3.63. The highest BCUT2D eigenvalue weighted by Crippen LogP contribution is 2.30. The van der Waals surface area contributed by atoms with Crippen molar-refractivity contribution in [2.75, 3.05) is 0 Å². The van der Waals surface area contributed by atoms with E-state index in [1.54, 1.807) is 13.8 Å². The number of para-hydroxylation sites is 1. The molecule has 1 atom stereocenters. The molecule has 3 aromatic rings. The Hall–Kier alpha value is -2.12. The van der Waals surface area contributed by atoms with Crippen molar-refractivity contribution in [1.29, 1.82) is 0 Å². The van der Waals surface area contributed by atoms with Gasteiger partial charge in [-0.25, -0.2) is 13.1 Å². The van der Waals surface area contributed by atoms with Crippen LogP contribution in [0.4, 0.5) is 0 Å². The van der Waals surface area contributed by atoms with Gasteiger partial charge in [-0.3, -0.25) is 0 Å². The van der Waals surface area contributed by atoms with Gasteiger partial charge < -0.3 is 9.51 Å². The number of hydrogen-bond donors (Lipinski definition) is 2. The summed E-state index contributed by atoms with van der Waals surface area (Å²) in [4.78, 5) is 3.58. The maximum absolute atomic E-state index is 12.7. The van der Waals surface area contributed by atoms with Gasteiger partial charge in [0.1, 0.15) is 10.6 Å². The van der Waals surface area contributed by atoms with Gasteiger partial charge in [0.2, 0.25) is 10.0 Å². The number of nitrogens with zero attached hydrogens (tertiary/aromatic N) is 1. The third kappa shape index (κ3) is 2.44. The minimum absolute atomic E-state index is 0.135. The van der Waals surface area contributed by atoms with Crippen molar-refractivity contribution in [3.8, 4) is 0 Å². The van der Waals surface area contributed by atoms with Crippen molar-refractivity contribution in [2.45, 2.75) is 44.0 Å². The molecule has 0 radical (unpaired) electrons. The van der Waals surface area contributed by atoms with Crippen LogP contribution in [0.25, 0.3) is 10.9 Å². The number of benzene rings is 1. The maximum Gasteiger partial charge on any atom is 0.246 e. The van der Waals surface area contributed by atoms with Gasteiger partial charge in [-0.2, -0.15) is 0 Å². The van der Waals surface area contributed by atoms with Gasteiger partial charge in [0.05, 0.1) is 0 Å². The van der Waals surface area contributed by atoms with Crippen LogP contribution in [0.3, 0.4) is 0 Å². The molecule has 2 heterocycles. The summed E-state index contributed by atoms with van der Waals surface area (Å²) in [5.74, 6) is 0.321. The molecule has 0 amide bonds. The highest BCUT2D eigenvalue weighted by molar-refractivity contribution is 7.89. The Morgan fingerprint density at radius 3 is 2.83 bits per heavy atom. The van der Waals surface area contributed by atoms with Crippen LogP contribution in [-0.4, -0.2) is 24.6 Å². The van der Waals surface area contributed by atoms with Gasteiger partial charge in [-0.05, 0) is 38.3 Å². The molecule has 1 aliphatic carbocycles. The molecule has 1 aliphatic rings. The summed E-state index contributed by atoms with van der Waals surface area (Å²) in [6.07, 6.45) is 2.29. The lowest BCUT2D eigenvalue weighted by Gasteiger charge is -2.23. The molecule has 0 aliphatic heterocycles. The number of rotatable bonds is 3. The molecule has 24 heavy (non-hydrogen) atoms. The predicted octanol–water partition coefficient (Wildman–Crippen LogP) is 2.61. The summed E-state index contributed by atoms with van der Waals surface area (Å²) < 4.78 is 33.1. The van der Waals surface area contributed by atoms with Gasteiger partial charge in [0.25, 0.3) is 0 Å². The Morgan fingerprint density at radius 2 is 2.08 bits per heavy atom. The monoisotopic (exact) mass is 345 g/mol. The number of aromatic amines is 1. The van der Waals surface area contributed by atoms with Gasteiger partial charge in [-0.1, -0.05) is 23.4 Å². The van der Waals surface area contributed by atoms with Crippen LogP contribution in [0.1, 0.15) is 29.1 Å². The zero-order valence-electron chi connectivity index (χ0n) is 13.6. The molecule has 6 nitrogen and oxygen atoms in total.